The Morgan fingerprint density at radius 3 is 2.43 bits per heavy atom. The van der Waals surface area contributed by atoms with E-state index in [2.05, 4.69) is 4.98 Å². The van der Waals surface area contributed by atoms with Crippen molar-refractivity contribution < 1.29 is 17.6 Å². The SMILES string of the molecule is CCS(=O)(=O)N1CCC(c2c[nH]c3c(C(N)=O)cc(-c4ccc(F)cc4)cc23)CC1. The fraction of sp³-hybridized carbons (Fsp3) is 0.318. The van der Waals surface area contributed by atoms with Gasteiger partial charge in [0.05, 0.1) is 16.8 Å². The van der Waals surface area contributed by atoms with Crippen LogP contribution in [0.4, 0.5) is 4.39 Å². The first-order valence-corrected chi connectivity index (χ1v) is 11.6. The maximum atomic E-state index is 13.3. The molecule has 0 atom stereocenters. The first-order chi connectivity index (χ1) is 14.3. The van der Waals surface area contributed by atoms with Crippen LogP contribution in [0.2, 0.25) is 0 Å². The van der Waals surface area contributed by atoms with Gasteiger partial charge in [-0.05, 0) is 66.6 Å². The third-order valence-electron chi connectivity index (χ3n) is 5.92. The highest BCUT2D eigenvalue weighted by molar-refractivity contribution is 7.89. The molecule has 4 rings (SSSR count). The highest BCUT2D eigenvalue weighted by Gasteiger charge is 2.29. The molecule has 0 radical (unpaired) electrons. The van der Waals surface area contributed by atoms with Gasteiger partial charge < -0.3 is 10.7 Å². The van der Waals surface area contributed by atoms with Crippen LogP contribution >= 0.6 is 0 Å². The van der Waals surface area contributed by atoms with E-state index in [1.807, 2.05) is 12.3 Å². The fourth-order valence-electron chi connectivity index (χ4n) is 4.22. The highest BCUT2D eigenvalue weighted by Crippen LogP contribution is 2.37. The van der Waals surface area contributed by atoms with E-state index in [9.17, 15) is 17.6 Å². The molecule has 0 unspecified atom stereocenters. The van der Waals surface area contributed by atoms with E-state index in [1.54, 1.807) is 29.4 Å². The maximum absolute atomic E-state index is 13.3. The average Bonchev–Trinajstić information content (AvgIpc) is 3.17. The summed E-state index contributed by atoms with van der Waals surface area (Å²) in [6.07, 6.45) is 3.30. The lowest BCUT2D eigenvalue weighted by molar-refractivity contribution is 0.100. The Bertz CT molecular complexity index is 1190. The van der Waals surface area contributed by atoms with Crippen molar-refractivity contribution >= 4 is 26.8 Å². The van der Waals surface area contributed by atoms with E-state index in [0.29, 0.717) is 37.0 Å². The number of carbonyl (C=O) groups excluding carboxylic acids is 1. The summed E-state index contributed by atoms with van der Waals surface area (Å²) in [7, 11) is -3.19. The molecule has 0 saturated carbocycles. The number of nitrogens with zero attached hydrogens (tertiary/aromatic N) is 1. The summed E-state index contributed by atoms with van der Waals surface area (Å²) >= 11 is 0. The first kappa shape index (κ1) is 20.6. The number of halogens is 1. The maximum Gasteiger partial charge on any atom is 0.250 e. The molecule has 1 amide bonds. The van der Waals surface area contributed by atoms with Crippen molar-refractivity contribution in [1.29, 1.82) is 0 Å². The molecule has 8 heteroatoms. The van der Waals surface area contributed by atoms with Crippen molar-refractivity contribution in [3.63, 3.8) is 0 Å². The van der Waals surface area contributed by atoms with E-state index in [1.165, 1.54) is 12.1 Å². The van der Waals surface area contributed by atoms with Crippen molar-refractivity contribution in [3.05, 3.63) is 59.5 Å². The molecule has 158 valence electrons. The van der Waals surface area contributed by atoms with Crippen LogP contribution in [0.3, 0.4) is 0 Å². The van der Waals surface area contributed by atoms with Crippen LogP contribution in [0, 0.1) is 5.82 Å². The number of hydrogen-bond acceptors (Lipinski definition) is 3. The number of rotatable bonds is 5. The summed E-state index contributed by atoms with van der Waals surface area (Å²) < 4.78 is 39.2. The van der Waals surface area contributed by atoms with Crippen LogP contribution in [-0.2, 0) is 10.0 Å². The molecule has 30 heavy (non-hydrogen) atoms. The van der Waals surface area contributed by atoms with E-state index >= 15 is 0 Å². The normalized spacial score (nSPS) is 16.2. The molecule has 6 nitrogen and oxygen atoms in total. The van der Waals surface area contributed by atoms with Gasteiger partial charge in [-0.15, -0.1) is 0 Å². The summed E-state index contributed by atoms with van der Waals surface area (Å²) in [5, 5.41) is 0.891. The number of primary amides is 1. The fourth-order valence-corrected chi connectivity index (χ4v) is 5.35. The van der Waals surface area contributed by atoms with Crippen LogP contribution in [0.15, 0.2) is 42.6 Å². The third kappa shape index (κ3) is 3.73. The number of aromatic nitrogens is 1. The number of nitrogens with one attached hydrogen (secondary N) is 1. The van der Waals surface area contributed by atoms with Crippen molar-refractivity contribution in [2.75, 3.05) is 18.8 Å². The van der Waals surface area contributed by atoms with Crippen LogP contribution in [-0.4, -0.2) is 42.5 Å². The Kier molecular flexibility index (Phi) is 5.38. The van der Waals surface area contributed by atoms with Gasteiger partial charge in [-0.3, -0.25) is 4.79 Å². The minimum absolute atomic E-state index is 0.105. The summed E-state index contributed by atoms with van der Waals surface area (Å²) in [6.45, 7) is 2.62. The smallest absolute Gasteiger partial charge is 0.250 e. The van der Waals surface area contributed by atoms with Gasteiger partial charge in [0.15, 0.2) is 0 Å². The van der Waals surface area contributed by atoms with E-state index in [0.717, 1.165) is 22.1 Å². The summed E-state index contributed by atoms with van der Waals surface area (Å²) in [4.78, 5) is 15.3. The number of aromatic amines is 1. The molecule has 2 aromatic carbocycles. The lowest BCUT2D eigenvalue weighted by Gasteiger charge is -2.31. The van der Waals surface area contributed by atoms with Gasteiger partial charge in [0.25, 0.3) is 5.91 Å². The number of carbonyl (C=O) groups is 1. The minimum Gasteiger partial charge on any atom is -0.366 e. The number of benzene rings is 2. The number of nitrogens with two attached hydrogens (primary N) is 1. The number of hydrogen-bond donors (Lipinski definition) is 2. The molecule has 1 saturated heterocycles. The monoisotopic (exact) mass is 429 g/mol. The Balaban J connectivity index is 1.73. The molecule has 1 fully saturated rings. The third-order valence-corrected chi connectivity index (χ3v) is 7.80. The van der Waals surface area contributed by atoms with Crippen LogP contribution in [0.1, 0.15) is 41.6 Å². The zero-order valence-corrected chi connectivity index (χ0v) is 17.5. The van der Waals surface area contributed by atoms with Gasteiger partial charge in [-0.2, -0.15) is 0 Å². The Hall–Kier alpha value is -2.71. The van der Waals surface area contributed by atoms with Gasteiger partial charge in [-0.25, -0.2) is 17.1 Å². The first-order valence-electron chi connectivity index (χ1n) is 9.98. The van der Waals surface area contributed by atoms with Crippen molar-refractivity contribution in [1.82, 2.24) is 9.29 Å². The second-order valence-electron chi connectivity index (χ2n) is 7.64. The number of piperidine rings is 1. The summed E-state index contributed by atoms with van der Waals surface area (Å²) in [5.74, 6) is -0.591. The molecule has 3 aromatic rings. The number of amides is 1. The molecule has 0 spiro atoms. The molecule has 2 heterocycles. The van der Waals surface area contributed by atoms with E-state index in [-0.39, 0.29) is 17.5 Å². The minimum atomic E-state index is -3.19. The predicted octanol–water partition coefficient (Wildman–Crippen LogP) is 3.60. The number of H-pyrrole nitrogens is 1. The predicted molar refractivity (Wildman–Crippen MR) is 115 cm³/mol. The summed E-state index contributed by atoms with van der Waals surface area (Å²) in [5.41, 5.74) is 9.30. The Morgan fingerprint density at radius 1 is 1.17 bits per heavy atom. The van der Waals surface area contributed by atoms with E-state index in [4.69, 9.17) is 5.73 Å². The van der Waals surface area contributed by atoms with E-state index < -0.39 is 15.9 Å². The second kappa shape index (κ2) is 7.85. The Labute approximate surface area is 174 Å². The van der Waals surface area contributed by atoms with Gasteiger partial charge in [0.2, 0.25) is 10.0 Å². The molecular weight excluding hydrogens is 405 g/mol. The van der Waals surface area contributed by atoms with Crippen molar-refractivity contribution in [2.24, 2.45) is 5.73 Å². The van der Waals surface area contributed by atoms with Crippen LogP contribution in [0.25, 0.3) is 22.0 Å². The lowest BCUT2D eigenvalue weighted by Crippen LogP contribution is -2.38. The molecule has 3 N–H and O–H groups in total. The van der Waals surface area contributed by atoms with Gasteiger partial charge in [0.1, 0.15) is 5.82 Å². The largest absolute Gasteiger partial charge is 0.366 e. The van der Waals surface area contributed by atoms with Gasteiger partial charge in [0, 0.05) is 24.7 Å². The standard InChI is InChI=1S/C22H24FN3O3S/c1-2-30(28,29)26-9-7-15(8-10-26)20-13-25-21-18(20)11-16(12-19(21)22(24)27)14-3-5-17(23)6-4-14/h3-6,11-13,15,25H,2,7-10H2,1H3,(H2,24,27). The van der Waals surface area contributed by atoms with Gasteiger partial charge in [-0.1, -0.05) is 12.1 Å². The molecule has 0 aliphatic carbocycles. The average molecular weight is 430 g/mol. The molecular formula is C22H24FN3O3S. The molecule has 1 aliphatic rings. The number of fused-ring (bicyclic) bond motifs is 1. The number of sulfonamides is 1. The zero-order chi connectivity index (χ0) is 21.5. The molecule has 1 aliphatic heterocycles. The second-order valence-corrected chi connectivity index (χ2v) is 9.89. The van der Waals surface area contributed by atoms with Crippen molar-refractivity contribution in [3.8, 4) is 11.1 Å². The summed E-state index contributed by atoms with van der Waals surface area (Å²) in [6, 6.07) is 9.80. The Morgan fingerprint density at radius 2 is 1.83 bits per heavy atom. The van der Waals surface area contributed by atoms with Crippen LogP contribution < -0.4 is 5.73 Å². The van der Waals surface area contributed by atoms with Crippen molar-refractivity contribution in [2.45, 2.75) is 25.7 Å². The lowest BCUT2D eigenvalue weighted by atomic mass is 9.88. The molecule has 1 aromatic heterocycles. The molecule has 0 bridgehead atoms. The zero-order valence-electron chi connectivity index (χ0n) is 16.7. The quantitative estimate of drug-likeness (QED) is 0.649. The highest BCUT2D eigenvalue weighted by atomic mass is 32.2. The van der Waals surface area contributed by atoms with Crippen LogP contribution in [0.5, 0.6) is 0 Å². The topological polar surface area (TPSA) is 96.3 Å². The van der Waals surface area contributed by atoms with Gasteiger partial charge >= 0.3 is 0 Å².